The number of carbonyl (C=O) groups is 5. The van der Waals surface area contributed by atoms with Gasteiger partial charge in [0.05, 0.1) is 31.5 Å². The quantitative estimate of drug-likeness (QED) is 0.307. The molecule has 15 heteroatoms. The van der Waals surface area contributed by atoms with Crippen molar-refractivity contribution in [1.82, 2.24) is 15.5 Å². The Morgan fingerprint density at radius 3 is 2.54 bits per heavy atom. The van der Waals surface area contributed by atoms with Gasteiger partial charge in [-0.1, -0.05) is 45.2 Å². The van der Waals surface area contributed by atoms with E-state index in [2.05, 4.69) is 15.8 Å². The molecule has 5 aliphatic rings. The molecule has 0 radical (unpaired) electrons. The van der Waals surface area contributed by atoms with Gasteiger partial charge in [-0.3, -0.25) is 19.2 Å². The zero-order valence-electron chi connectivity index (χ0n) is 27.5. The average Bonchev–Trinajstić information content (AvgIpc) is 3.83. The summed E-state index contributed by atoms with van der Waals surface area (Å²) in [6.07, 6.45) is 2.70. The standard InChI is InChI=1S/C33H43N5O10/c1-32(2,3)27(36-31(43)47-20-9-10-44-15-20)30(42)38-16-33(13-22(37-48-33)19-7-8-24-25(12-19)46-17-45-24)14-23(38)29(41)35-21(26(39)28(34)40)11-18-5-4-6-18/h7-8,12,18,20-21,23,27H,4-6,9-11,13-17H2,1-3H3,(H2,34,40)(H,35,41)(H,36,43)/t20-,21-,23-,27+,33+/m0/s1. The highest BCUT2D eigenvalue weighted by Crippen LogP contribution is 2.41. The lowest BCUT2D eigenvalue weighted by molar-refractivity contribution is -0.144. The van der Waals surface area contributed by atoms with Crippen molar-refractivity contribution in [2.45, 2.75) is 95.5 Å². The Morgan fingerprint density at radius 2 is 1.88 bits per heavy atom. The number of likely N-dealkylation sites (tertiary alicyclic amines) is 1. The Labute approximate surface area is 278 Å². The molecule has 15 nitrogen and oxygen atoms in total. The molecule has 1 aliphatic carbocycles. The lowest BCUT2D eigenvalue weighted by Gasteiger charge is -2.35. The molecule has 4 aliphatic heterocycles. The molecule has 4 heterocycles. The van der Waals surface area contributed by atoms with Crippen molar-refractivity contribution in [3.8, 4) is 11.5 Å². The number of hydrogen-bond donors (Lipinski definition) is 3. The van der Waals surface area contributed by atoms with Gasteiger partial charge in [0.15, 0.2) is 17.1 Å². The van der Waals surface area contributed by atoms with Gasteiger partial charge in [0.25, 0.3) is 5.91 Å². The van der Waals surface area contributed by atoms with Crippen molar-refractivity contribution in [2.75, 3.05) is 26.6 Å². The zero-order chi connectivity index (χ0) is 34.2. The minimum atomic E-state index is -1.14. The number of fused-ring (bicyclic) bond motifs is 1. The molecule has 0 aromatic heterocycles. The van der Waals surface area contributed by atoms with Crippen molar-refractivity contribution in [3.63, 3.8) is 0 Å². The third kappa shape index (κ3) is 7.05. The van der Waals surface area contributed by atoms with Crippen LogP contribution < -0.4 is 25.8 Å². The Kier molecular flexibility index (Phi) is 9.25. The van der Waals surface area contributed by atoms with Crippen molar-refractivity contribution in [1.29, 1.82) is 0 Å². The summed E-state index contributed by atoms with van der Waals surface area (Å²) in [5.41, 5.74) is 4.82. The largest absolute Gasteiger partial charge is 0.454 e. The predicted molar refractivity (Wildman–Crippen MR) is 168 cm³/mol. The summed E-state index contributed by atoms with van der Waals surface area (Å²) in [6.45, 7) is 6.21. The molecule has 3 fully saturated rings. The maximum atomic E-state index is 14.4. The smallest absolute Gasteiger partial charge is 0.408 e. The van der Waals surface area contributed by atoms with Crippen LogP contribution >= 0.6 is 0 Å². The zero-order valence-corrected chi connectivity index (χ0v) is 27.5. The minimum Gasteiger partial charge on any atom is -0.454 e. The van der Waals surface area contributed by atoms with Gasteiger partial charge in [0, 0.05) is 24.8 Å². The molecule has 48 heavy (non-hydrogen) atoms. The topological polar surface area (TPSA) is 197 Å². The molecular weight excluding hydrogens is 626 g/mol. The summed E-state index contributed by atoms with van der Waals surface area (Å²) >= 11 is 0. The molecule has 1 spiro atoms. The van der Waals surface area contributed by atoms with E-state index in [4.69, 9.17) is 29.5 Å². The first-order valence-electron chi connectivity index (χ1n) is 16.5. The highest BCUT2D eigenvalue weighted by molar-refractivity contribution is 6.37. The highest BCUT2D eigenvalue weighted by Gasteiger charge is 2.56. The number of oxime groups is 1. The van der Waals surface area contributed by atoms with E-state index in [0.29, 0.717) is 30.2 Å². The number of ether oxygens (including phenoxy) is 4. The van der Waals surface area contributed by atoms with E-state index in [1.165, 1.54) is 4.90 Å². The fourth-order valence-corrected chi connectivity index (χ4v) is 6.82. The second kappa shape index (κ2) is 13.2. The third-order valence-corrected chi connectivity index (χ3v) is 9.74. The Bertz CT molecular complexity index is 1500. The number of carbonyl (C=O) groups excluding carboxylic acids is 5. The van der Waals surface area contributed by atoms with Crippen LogP contribution in [0, 0.1) is 11.3 Å². The number of amides is 4. The monoisotopic (exact) mass is 669 g/mol. The lowest BCUT2D eigenvalue weighted by atomic mass is 9.80. The normalized spacial score (nSPS) is 25.9. The molecule has 6 rings (SSSR count). The Hall–Kier alpha value is -4.40. The molecule has 260 valence electrons. The molecule has 0 unspecified atom stereocenters. The fraction of sp³-hybridized carbons (Fsp3) is 0.636. The maximum Gasteiger partial charge on any atom is 0.408 e. The first-order valence-corrected chi connectivity index (χ1v) is 16.5. The van der Waals surface area contributed by atoms with E-state index >= 15 is 0 Å². The van der Waals surface area contributed by atoms with Crippen LogP contribution in [-0.4, -0.2) is 96.6 Å². The van der Waals surface area contributed by atoms with Gasteiger partial charge in [-0.2, -0.15) is 0 Å². The summed E-state index contributed by atoms with van der Waals surface area (Å²) in [5.74, 6) is -1.83. The van der Waals surface area contributed by atoms with Gasteiger partial charge >= 0.3 is 6.09 Å². The van der Waals surface area contributed by atoms with E-state index in [9.17, 15) is 24.0 Å². The van der Waals surface area contributed by atoms with Crippen LogP contribution in [0.3, 0.4) is 0 Å². The van der Waals surface area contributed by atoms with Crippen molar-refractivity contribution in [2.24, 2.45) is 22.2 Å². The summed E-state index contributed by atoms with van der Waals surface area (Å²) in [6, 6.07) is 2.08. The maximum absolute atomic E-state index is 14.4. The number of hydrogen-bond acceptors (Lipinski definition) is 11. The summed E-state index contributed by atoms with van der Waals surface area (Å²) in [7, 11) is 0. The predicted octanol–water partition coefficient (Wildman–Crippen LogP) is 1.54. The fourth-order valence-electron chi connectivity index (χ4n) is 6.82. The van der Waals surface area contributed by atoms with Gasteiger partial charge in [0.2, 0.25) is 24.4 Å². The number of alkyl carbamates (subject to hydrolysis) is 1. The molecule has 1 aromatic carbocycles. The van der Waals surface area contributed by atoms with Crippen LogP contribution in [0.2, 0.25) is 0 Å². The molecule has 4 N–H and O–H groups in total. The number of nitrogens with two attached hydrogens (primary N) is 1. The first kappa shape index (κ1) is 33.5. The van der Waals surface area contributed by atoms with Crippen molar-refractivity contribution < 1.29 is 47.8 Å². The second-order valence-corrected chi connectivity index (χ2v) is 14.4. The van der Waals surface area contributed by atoms with Crippen LogP contribution in [0.5, 0.6) is 11.5 Å². The average molecular weight is 670 g/mol. The van der Waals surface area contributed by atoms with Gasteiger partial charge in [-0.05, 0) is 36.0 Å². The van der Waals surface area contributed by atoms with Crippen LogP contribution in [-0.2, 0) is 33.5 Å². The van der Waals surface area contributed by atoms with Gasteiger partial charge in [-0.15, -0.1) is 0 Å². The van der Waals surface area contributed by atoms with E-state index in [1.54, 1.807) is 32.9 Å². The number of nitrogens with zero attached hydrogens (tertiary/aromatic N) is 2. The lowest BCUT2D eigenvalue weighted by Crippen LogP contribution is -2.59. The Balaban J connectivity index is 1.25. The second-order valence-electron chi connectivity index (χ2n) is 14.4. The highest BCUT2D eigenvalue weighted by atomic mass is 16.7. The molecule has 4 amide bonds. The van der Waals surface area contributed by atoms with Crippen molar-refractivity contribution >= 4 is 35.3 Å². The molecule has 5 atom stereocenters. The summed E-state index contributed by atoms with van der Waals surface area (Å²) in [5, 5.41) is 9.82. The molecule has 2 saturated heterocycles. The van der Waals surface area contributed by atoms with Crippen LogP contribution in [0.25, 0.3) is 0 Å². The number of ketones is 1. The van der Waals surface area contributed by atoms with Gasteiger partial charge in [-0.25, -0.2) is 4.79 Å². The summed E-state index contributed by atoms with van der Waals surface area (Å²) < 4.78 is 21.7. The number of benzene rings is 1. The Morgan fingerprint density at radius 1 is 1.10 bits per heavy atom. The van der Waals surface area contributed by atoms with E-state index in [-0.39, 0.29) is 45.1 Å². The molecule has 1 aromatic rings. The molecule has 0 bridgehead atoms. The number of Topliss-reactive ketones (excluding diaryl/α,β-unsaturated/α-hetero) is 1. The van der Waals surface area contributed by atoms with Crippen LogP contribution in [0.15, 0.2) is 23.4 Å². The number of nitrogens with one attached hydrogen (secondary N) is 2. The van der Waals surface area contributed by atoms with E-state index in [0.717, 1.165) is 24.8 Å². The SMILES string of the molecule is CC(C)(C)[C@H](NC(=O)O[C@H]1CCOC1)C(=O)N1C[C@@]2(CC(c3ccc4c(c3)OCO4)=NO2)C[C@H]1C(=O)N[C@@H](CC1CCC1)C(=O)C(N)=O. The van der Waals surface area contributed by atoms with Crippen molar-refractivity contribution in [3.05, 3.63) is 23.8 Å². The number of primary amides is 1. The van der Waals surface area contributed by atoms with E-state index < -0.39 is 64.8 Å². The first-order chi connectivity index (χ1) is 22.8. The molecular formula is C33H43N5O10. The molecule has 1 saturated carbocycles. The van der Waals surface area contributed by atoms with Crippen LogP contribution in [0.1, 0.15) is 71.3 Å². The van der Waals surface area contributed by atoms with Crippen LogP contribution in [0.4, 0.5) is 4.79 Å². The third-order valence-electron chi connectivity index (χ3n) is 9.74. The van der Waals surface area contributed by atoms with Gasteiger partial charge < -0.3 is 45.1 Å². The van der Waals surface area contributed by atoms with E-state index in [1.807, 2.05) is 6.07 Å². The van der Waals surface area contributed by atoms with Gasteiger partial charge in [0.1, 0.15) is 18.2 Å². The number of rotatable bonds is 10. The minimum absolute atomic E-state index is 0.0295. The summed E-state index contributed by atoms with van der Waals surface area (Å²) in [4.78, 5) is 73.6.